The summed E-state index contributed by atoms with van der Waals surface area (Å²) in [6.45, 7) is 6.65. The lowest BCUT2D eigenvalue weighted by Crippen LogP contribution is -2.45. The molecule has 19 heavy (non-hydrogen) atoms. The first kappa shape index (κ1) is 12.6. The van der Waals surface area contributed by atoms with Crippen molar-refractivity contribution >= 4 is 0 Å². The van der Waals surface area contributed by atoms with Crippen molar-refractivity contribution in [3.63, 3.8) is 0 Å². The van der Waals surface area contributed by atoms with Crippen molar-refractivity contribution in [2.75, 3.05) is 7.11 Å². The Labute approximate surface area is 115 Å². The maximum absolute atomic E-state index is 6.26. The summed E-state index contributed by atoms with van der Waals surface area (Å²) in [5.74, 6) is 3.01. The van der Waals surface area contributed by atoms with Crippen LogP contribution < -0.4 is 9.47 Å². The Morgan fingerprint density at radius 2 is 2.11 bits per heavy atom. The smallest absolute Gasteiger partial charge is 0.127 e. The predicted octanol–water partition coefficient (Wildman–Crippen LogP) is 4.31. The zero-order valence-corrected chi connectivity index (χ0v) is 12.2. The number of hydrogen-bond donors (Lipinski definition) is 0. The number of fused-ring (bicyclic) bond motifs is 3. The average Bonchev–Trinajstić information content (AvgIpc) is 2.36. The number of benzene rings is 1. The molecule has 3 rings (SSSR count). The first-order chi connectivity index (χ1) is 9.03. The molecule has 2 aliphatic rings. The van der Waals surface area contributed by atoms with E-state index in [0.717, 1.165) is 24.3 Å². The van der Waals surface area contributed by atoms with Crippen LogP contribution in [0.25, 0.3) is 0 Å². The molecule has 0 N–H and O–H groups in total. The van der Waals surface area contributed by atoms with Gasteiger partial charge in [-0.05, 0) is 45.7 Å². The van der Waals surface area contributed by atoms with Crippen LogP contribution >= 0.6 is 0 Å². The fourth-order valence-electron chi connectivity index (χ4n) is 3.65. The fraction of sp³-hybridized carbons (Fsp3) is 0.529. The number of ether oxygens (including phenoxy) is 2. The van der Waals surface area contributed by atoms with Crippen LogP contribution in [0.3, 0.4) is 0 Å². The Kier molecular flexibility index (Phi) is 2.84. The number of methoxy groups -OCH3 is 1. The van der Waals surface area contributed by atoms with Crippen LogP contribution in [0.5, 0.6) is 11.5 Å². The van der Waals surface area contributed by atoms with Crippen LogP contribution in [0.4, 0.5) is 0 Å². The Hall–Kier alpha value is -1.44. The molecule has 0 radical (unpaired) electrons. The number of rotatable bonds is 1. The van der Waals surface area contributed by atoms with E-state index in [4.69, 9.17) is 9.47 Å². The van der Waals surface area contributed by atoms with Crippen LogP contribution in [0.2, 0.25) is 0 Å². The molecule has 2 heteroatoms. The van der Waals surface area contributed by atoms with E-state index in [1.807, 2.05) is 12.1 Å². The zero-order valence-electron chi connectivity index (χ0n) is 12.2. The predicted molar refractivity (Wildman–Crippen MR) is 76.9 cm³/mol. The SMILES string of the molecule is COc1cccc2c1[C@H]1CC(C)=CC[C@@H]1C(C)(C)O2. The average molecular weight is 258 g/mol. The molecule has 0 saturated carbocycles. The molecular weight excluding hydrogens is 236 g/mol. The van der Waals surface area contributed by atoms with Gasteiger partial charge in [0, 0.05) is 17.4 Å². The standard InChI is InChI=1S/C17H22O2/c1-11-8-9-13-12(10-11)16-14(18-4)6-5-7-15(16)19-17(13,2)3/h5-8,12-13H,9-10H2,1-4H3/t12-,13-/m0/s1. The van der Waals surface area contributed by atoms with Crippen molar-refractivity contribution < 1.29 is 9.47 Å². The molecule has 0 saturated heterocycles. The third-order valence-electron chi connectivity index (χ3n) is 4.63. The van der Waals surface area contributed by atoms with Crippen LogP contribution in [-0.4, -0.2) is 12.7 Å². The van der Waals surface area contributed by atoms with Crippen molar-refractivity contribution in [3.05, 3.63) is 35.4 Å². The second-order valence-electron chi connectivity index (χ2n) is 6.28. The van der Waals surface area contributed by atoms with E-state index in [9.17, 15) is 0 Å². The summed E-state index contributed by atoms with van der Waals surface area (Å²) in [5.41, 5.74) is 2.64. The van der Waals surface area contributed by atoms with Gasteiger partial charge >= 0.3 is 0 Å². The summed E-state index contributed by atoms with van der Waals surface area (Å²) in [5, 5.41) is 0. The number of hydrogen-bond acceptors (Lipinski definition) is 2. The van der Waals surface area contributed by atoms with E-state index >= 15 is 0 Å². The van der Waals surface area contributed by atoms with Gasteiger partial charge in [0.15, 0.2) is 0 Å². The minimum atomic E-state index is -0.110. The monoisotopic (exact) mass is 258 g/mol. The second kappa shape index (κ2) is 4.29. The normalized spacial score (nSPS) is 27.7. The molecule has 0 unspecified atom stereocenters. The molecule has 1 heterocycles. The van der Waals surface area contributed by atoms with Gasteiger partial charge in [-0.3, -0.25) is 0 Å². The highest BCUT2D eigenvalue weighted by Gasteiger charge is 2.45. The van der Waals surface area contributed by atoms with E-state index < -0.39 is 0 Å². The topological polar surface area (TPSA) is 18.5 Å². The third-order valence-corrected chi connectivity index (χ3v) is 4.63. The van der Waals surface area contributed by atoms with E-state index in [2.05, 4.69) is 32.9 Å². The van der Waals surface area contributed by atoms with Gasteiger partial charge in [0.05, 0.1) is 7.11 Å². The first-order valence-corrected chi connectivity index (χ1v) is 7.04. The summed E-state index contributed by atoms with van der Waals surface area (Å²) in [6, 6.07) is 6.13. The van der Waals surface area contributed by atoms with Crippen LogP contribution in [0, 0.1) is 5.92 Å². The number of allylic oxidation sites excluding steroid dienone is 2. The van der Waals surface area contributed by atoms with Gasteiger partial charge in [0.1, 0.15) is 17.1 Å². The highest BCUT2D eigenvalue weighted by Crippen LogP contribution is 2.53. The van der Waals surface area contributed by atoms with Gasteiger partial charge < -0.3 is 9.47 Å². The fourth-order valence-corrected chi connectivity index (χ4v) is 3.65. The van der Waals surface area contributed by atoms with E-state index in [-0.39, 0.29) is 5.60 Å². The van der Waals surface area contributed by atoms with Crippen molar-refractivity contribution in [2.45, 2.75) is 45.1 Å². The van der Waals surface area contributed by atoms with Gasteiger partial charge in [-0.2, -0.15) is 0 Å². The zero-order chi connectivity index (χ0) is 13.6. The van der Waals surface area contributed by atoms with Crippen LogP contribution in [0.15, 0.2) is 29.8 Å². The molecule has 1 aliphatic carbocycles. The summed E-state index contributed by atoms with van der Waals surface area (Å²) in [7, 11) is 1.75. The Bertz CT molecular complexity index is 528. The first-order valence-electron chi connectivity index (χ1n) is 7.04. The molecule has 2 atom stereocenters. The van der Waals surface area contributed by atoms with Crippen molar-refractivity contribution in [2.24, 2.45) is 5.92 Å². The Morgan fingerprint density at radius 3 is 2.84 bits per heavy atom. The van der Waals surface area contributed by atoms with Gasteiger partial charge in [0.25, 0.3) is 0 Å². The molecule has 0 amide bonds. The van der Waals surface area contributed by atoms with E-state index in [1.165, 1.54) is 11.1 Å². The second-order valence-corrected chi connectivity index (χ2v) is 6.28. The largest absolute Gasteiger partial charge is 0.496 e. The van der Waals surface area contributed by atoms with Crippen molar-refractivity contribution in [1.29, 1.82) is 0 Å². The van der Waals surface area contributed by atoms with Gasteiger partial charge in [-0.1, -0.05) is 17.7 Å². The Morgan fingerprint density at radius 1 is 1.32 bits per heavy atom. The summed E-state index contributed by atoms with van der Waals surface area (Å²) >= 11 is 0. The third kappa shape index (κ3) is 1.94. The molecule has 0 spiro atoms. The van der Waals surface area contributed by atoms with Gasteiger partial charge in [-0.15, -0.1) is 0 Å². The molecule has 102 valence electrons. The molecule has 2 nitrogen and oxygen atoms in total. The lowest BCUT2D eigenvalue weighted by atomic mass is 9.67. The maximum atomic E-state index is 6.26. The minimum absolute atomic E-state index is 0.110. The van der Waals surface area contributed by atoms with Crippen LogP contribution in [-0.2, 0) is 0 Å². The quantitative estimate of drug-likeness (QED) is 0.699. The molecule has 1 aliphatic heterocycles. The van der Waals surface area contributed by atoms with Gasteiger partial charge in [0.2, 0.25) is 0 Å². The molecule has 1 aromatic rings. The van der Waals surface area contributed by atoms with Gasteiger partial charge in [-0.25, -0.2) is 0 Å². The van der Waals surface area contributed by atoms with Crippen molar-refractivity contribution in [1.82, 2.24) is 0 Å². The molecule has 0 fully saturated rings. The molecular formula is C17H22O2. The lowest BCUT2D eigenvalue weighted by molar-refractivity contribution is 0.00758. The minimum Gasteiger partial charge on any atom is -0.496 e. The molecule has 0 bridgehead atoms. The van der Waals surface area contributed by atoms with E-state index in [1.54, 1.807) is 7.11 Å². The molecule has 1 aromatic carbocycles. The maximum Gasteiger partial charge on any atom is 0.127 e. The highest BCUT2D eigenvalue weighted by atomic mass is 16.5. The summed E-state index contributed by atoms with van der Waals surface area (Å²) < 4.78 is 11.8. The van der Waals surface area contributed by atoms with Crippen molar-refractivity contribution in [3.8, 4) is 11.5 Å². The van der Waals surface area contributed by atoms with Crippen LogP contribution in [0.1, 0.15) is 45.1 Å². The Balaban J connectivity index is 2.15. The molecule has 0 aromatic heterocycles. The summed E-state index contributed by atoms with van der Waals surface area (Å²) in [6.07, 6.45) is 4.58. The summed E-state index contributed by atoms with van der Waals surface area (Å²) in [4.78, 5) is 0. The van der Waals surface area contributed by atoms with E-state index in [0.29, 0.717) is 11.8 Å². The lowest BCUT2D eigenvalue weighted by Gasteiger charge is -2.47. The highest BCUT2D eigenvalue weighted by molar-refractivity contribution is 5.50.